The highest BCUT2D eigenvalue weighted by Gasteiger charge is 2.14. The van der Waals surface area contributed by atoms with Crippen LogP contribution in [0.1, 0.15) is 29.3 Å². The van der Waals surface area contributed by atoms with E-state index in [1.807, 2.05) is 6.92 Å². The number of halogens is 1. The maximum atomic E-state index is 11.7. The molecule has 0 aliphatic rings. The Hall–Kier alpha value is -0.880. The number of sulfone groups is 1. The highest BCUT2D eigenvalue weighted by atomic mass is 79.9. The maximum absolute atomic E-state index is 11.7. The number of benzene rings is 1. The van der Waals surface area contributed by atoms with Gasteiger partial charge in [-0.25, -0.2) is 13.2 Å². The van der Waals surface area contributed by atoms with Gasteiger partial charge < -0.3 is 4.74 Å². The minimum absolute atomic E-state index is 0.0249. The second kappa shape index (κ2) is 6.33. The summed E-state index contributed by atoms with van der Waals surface area (Å²) in [6, 6.07) is 4.76. The van der Waals surface area contributed by atoms with E-state index in [-0.39, 0.29) is 11.5 Å². The van der Waals surface area contributed by atoms with E-state index in [1.54, 1.807) is 18.2 Å². The van der Waals surface area contributed by atoms with Gasteiger partial charge in [-0.15, -0.1) is 0 Å². The predicted octanol–water partition coefficient (Wildman–Crippen LogP) is 2.56. The molecule has 0 fully saturated rings. The lowest BCUT2D eigenvalue weighted by Gasteiger charge is -2.07. The SMILES string of the molecule is CCCS(=O)(=O)Cc1ccc(C(=O)OC)cc1Br. The number of carbonyl (C=O) groups is 1. The van der Waals surface area contributed by atoms with Crippen molar-refractivity contribution in [3.8, 4) is 0 Å². The lowest BCUT2D eigenvalue weighted by molar-refractivity contribution is 0.0600. The number of ether oxygens (including phenoxy) is 1. The van der Waals surface area contributed by atoms with Gasteiger partial charge in [0, 0.05) is 4.47 Å². The van der Waals surface area contributed by atoms with E-state index < -0.39 is 15.8 Å². The third-order valence-electron chi connectivity index (χ3n) is 2.36. The van der Waals surface area contributed by atoms with E-state index in [1.165, 1.54) is 7.11 Å². The minimum Gasteiger partial charge on any atom is -0.465 e. The van der Waals surface area contributed by atoms with Crippen LogP contribution in [-0.4, -0.2) is 27.2 Å². The Morgan fingerprint density at radius 2 is 2.06 bits per heavy atom. The van der Waals surface area contributed by atoms with Gasteiger partial charge in [0.15, 0.2) is 9.84 Å². The monoisotopic (exact) mass is 334 g/mol. The van der Waals surface area contributed by atoms with Crippen molar-refractivity contribution in [3.63, 3.8) is 0 Å². The zero-order valence-corrected chi connectivity index (χ0v) is 12.7. The number of rotatable bonds is 5. The fourth-order valence-corrected chi connectivity index (χ4v) is 3.73. The summed E-state index contributed by atoms with van der Waals surface area (Å²) in [5.74, 6) is -0.306. The van der Waals surface area contributed by atoms with Gasteiger partial charge in [0.25, 0.3) is 0 Å². The van der Waals surface area contributed by atoms with Gasteiger partial charge in [0.2, 0.25) is 0 Å². The summed E-state index contributed by atoms with van der Waals surface area (Å²) in [5, 5.41) is 0. The molecule has 0 heterocycles. The van der Waals surface area contributed by atoms with Crippen LogP contribution in [0.3, 0.4) is 0 Å². The van der Waals surface area contributed by atoms with Crippen molar-refractivity contribution < 1.29 is 17.9 Å². The van der Waals surface area contributed by atoms with Crippen LogP contribution in [0.2, 0.25) is 0 Å². The van der Waals surface area contributed by atoms with Crippen molar-refractivity contribution >= 4 is 31.7 Å². The molecule has 1 aromatic carbocycles. The molecule has 0 unspecified atom stereocenters. The Bertz CT molecular complexity index is 537. The molecule has 0 aliphatic heterocycles. The number of carbonyl (C=O) groups excluding carboxylic acids is 1. The molecular weight excluding hydrogens is 320 g/mol. The predicted molar refractivity (Wildman–Crippen MR) is 73.3 cm³/mol. The summed E-state index contributed by atoms with van der Waals surface area (Å²) < 4.78 is 28.6. The van der Waals surface area contributed by atoms with Gasteiger partial charge in [-0.1, -0.05) is 28.9 Å². The van der Waals surface area contributed by atoms with Gasteiger partial charge in [-0.05, 0) is 24.1 Å². The first kappa shape index (κ1) is 15.2. The van der Waals surface area contributed by atoms with E-state index in [4.69, 9.17) is 0 Å². The second-order valence-electron chi connectivity index (χ2n) is 3.89. The summed E-state index contributed by atoms with van der Waals surface area (Å²) in [5.41, 5.74) is 1.04. The average Bonchev–Trinajstić information content (AvgIpc) is 2.30. The molecule has 0 saturated carbocycles. The summed E-state index contributed by atoms with van der Waals surface area (Å²) in [4.78, 5) is 11.3. The molecule has 0 saturated heterocycles. The molecule has 18 heavy (non-hydrogen) atoms. The van der Waals surface area contributed by atoms with Crippen LogP contribution in [0.25, 0.3) is 0 Å². The molecule has 1 rings (SSSR count). The Kier molecular flexibility index (Phi) is 5.34. The Morgan fingerprint density at radius 1 is 1.39 bits per heavy atom. The Labute approximate surface area is 115 Å². The molecule has 0 aliphatic carbocycles. The third-order valence-corrected chi connectivity index (χ3v) is 4.88. The molecule has 0 N–H and O–H groups in total. The van der Waals surface area contributed by atoms with Crippen molar-refractivity contribution in [2.45, 2.75) is 19.1 Å². The van der Waals surface area contributed by atoms with Gasteiger partial charge in [0.05, 0.1) is 24.2 Å². The quantitative estimate of drug-likeness (QED) is 0.776. The second-order valence-corrected chi connectivity index (χ2v) is 6.93. The molecule has 6 heteroatoms. The average molecular weight is 335 g/mol. The third kappa shape index (κ3) is 4.10. The lowest BCUT2D eigenvalue weighted by atomic mass is 10.1. The first-order chi connectivity index (χ1) is 8.39. The molecule has 0 radical (unpaired) electrons. The number of methoxy groups -OCH3 is 1. The first-order valence-electron chi connectivity index (χ1n) is 5.46. The van der Waals surface area contributed by atoms with Crippen LogP contribution in [0, 0.1) is 0 Å². The van der Waals surface area contributed by atoms with Crippen molar-refractivity contribution in [2.24, 2.45) is 0 Å². The first-order valence-corrected chi connectivity index (χ1v) is 8.08. The summed E-state index contributed by atoms with van der Waals surface area (Å²) in [7, 11) is -1.79. The van der Waals surface area contributed by atoms with Crippen molar-refractivity contribution in [1.29, 1.82) is 0 Å². The fourth-order valence-electron chi connectivity index (χ4n) is 1.53. The van der Waals surface area contributed by atoms with Crippen LogP contribution in [0.4, 0.5) is 0 Å². The van der Waals surface area contributed by atoms with Gasteiger partial charge in [-0.2, -0.15) is 0 Å². The lowest BCUT2D eigenvalue weighted by Crippen LogP contribution is -2.09. The standard InChI is InChI=1S/C12H15BrO4S/c1-3-6-18(15,16)8-10-5-4-9(7-11(10)13)12(14)17-2/h4-5,7H,3,6,8H2,1-2H3. The van der Waals surface area contributed by atoms with Crippen LogP contribution in [0.5, 0.6) is 0 Å². The fraction of sp³-hybridized carbons (Fsp3) is 0.417. The normalized spacial score (nSPS) is 11.3. The summed E-state index contributed by atoms with van der Waals surface area (Å²) >= 11 is 3.28. The van der Waals surface area contributed by atoms with E-state index in [9.17, 15) is 13.2 Å². The van der Waals surface area contributed by atoms with E-state index in [0.717, 1.165) is 0 Å². The van der Waals surface area contributed by atoms with Gasteiger partial charge in [0.1, 0.15) is 0 Å². The summed E-state index contributed by atoms with van der Waals surface area (Å²) in [6.45, 7) is 1.83. The van der Waals surface area contributed by atoms with Crippen molar-refractivity contribution in [1.82, 2.24) is 0 Å². The molecule has 1 aromatic rings. The molecule has 0 aromatic heterocycles. The maximum Gasteiger partial charge on any atom is 0.337 e. The molecular formula is C12H15BrO4S. The Morgan fingerprint density at radius 3 is 2.56 bits per heavy atom. The molecule has 0 amide bonds. The number of esters is 1. The highest BCUT2D eigenvalue weighted by molar-refractivity contribution is 9.10. The van der Waals surface area contributed by atoms with Crippen LogP contribution < -0.4 is 0 Å². The van der Waals surface area contributed by atoms with E-state index in [2.05, 4.69) is 20.7 Å². The molecule has 0 spiro atoms. The van der Waals surface area contributed by atoms with E-state index in [0.29, 0.717) is 22.0 Å². The largest absolute Gasteiger partial charge is 0.465 e. The van der Waals surface area contributed by atoms with Crippen molar-refractivity contribution in [3.05, 3.63) is 33.8 Å². The number of hydrogen-bond donors (Lipinski definition) is 0. The molecule has 100 valence electrons. The van der Waals surface area contributed by atoms with Crippen LogP contribution in [0.15, 0.2) is 22.7 Å². The Balaban J connectivity index is 2.97. The highest BCUT2D eigenvalue weighted by Crippen LogP contribution is 2.21. The van der Waals surface area contributed by atoms with E-state index >= 15 is 0 Å². The smallest absolute Gasteiger partial charge is 0.337 e. The zero-order valence-electron chi connectivity index (χ0n) is 10.3. The number of hydrogen-bond acceptors (Lipinski definition) is 4. The molecule has 0 bridgehead atoms. The minimum atomic E-state index is -3.09. The van der Waals surface area contributed by atoms with Gasteiger partial charge >= 0.3 is 5.97 Å². The van der Waals surface area contributed by atoms with Crippen LogP contribution in [-0.2, 0) is 20.3 Å². The topological polar surface area (TPSA) is 60.4 Å². The molecule has 0 atom stereocenters. The van der Waals surface area contributed by atoms with Gasteiger partial charge in [-0.3, -0.25) is 0 Å². The van der Waals surface area contributed by atoms with Crippen LogP contribution >= 0.6 is 15.9 Å². The van der Waals surface area contributed by atoms with Crippen molar-refractivity contribution in [2.75, 3.05) is 12.9 Å². The zero-order chi connectivity index (χ0) is 13.8. The summed E-state index contributed by atoms with van der Waals surface area (Å²) in [6.07, 6.45) is 0.597. The molecule has 4 nitrogen and oxygen atoms in total.